The van der Waals surface area contributed by atoms with Gasteiger partial charge in [-0.2, -0.15) is 0 Å². The Kier molecular flexibility index (Phi) is 5.36. The molecule has 4 nitrogen and oxygen atoms in total. The van der Waals surface area contributed by atoms with Gasteiger partial charge in [0.2, 0.25) is 11.8 Å². The lowest BCUT2D eigenvalue weighted by Gasteiger charge is -2.27. The summed E-state index contributed by atoms with van der Waals surface area (Å²) in [7, 11) is 1.81. The van der Waals surface area contributed by atoms with Gasteiger partial charge in [-0.3, -0.25) is 9.59 Å². The first-order valence-corrected chi connectivity index (χ1v) is 7.79. The van der Waals surface area contributed by atoms with Crippen LogP contribution >= 0.6 is 0 Å². The quantitative estimate of drug-likeness (QED) is 0.821. The first-order chi connectivity index (χ1) is 10.5. The molecular formula is C18H24N2O2. The van der Waals surface area contributed by atoms with Crippen LogP contribution in [0.2, 0.25) is 0 Å². The van der Waals surface area contributed by atoms with Gasteiger partial charge in [-0.1, -0.05) is 30.3 Å². The first-order valence-electron chi connectivity index (χ1n) is 7.79. The number of carbonyl (C=O) groups is 2. The van der Waals surface area contributed by atoms with Crippen molar-refractivity contribution in [2.45, 2.75) is 38.8 Å². The third kappa shape index (κ3) is 4.45. The van der Waals surface area contributed by atoms with Gasteiger partial charge in [0.25, 0.3) is 0 Å². The van der Waals surface area contributed by atoms with Crippen LogP contribution in [0.4, 0.5) is 0 Å². The molecule has 0 saturated heterocycles. The normalized spacial score (nSPS) is 17.0. The fourth-order valence-electron chi connectivity index (χ4n) is 2.46. The summed E-state index contributed by atoms with van der Waals surface area (Å²) in [4.78, 5) is 26.0. The van der Waals surface area contributed by atoms with Gasteiger partial charge in [0.1, 0.15) is 6.04 Å². The van der Waals surface area contributed by atoms with Crippen LogP contribution in [0.25, 0.3) is 6.08 Å². The number of likely N-dealkylation sites (N-methyl/N-ethyl adjacent to an activating group) is 1. The molecule has 2 atom stereocenters. The van der Waals surface area contributed by atoms with E-state index in [0.29, 0.717) is 5.92 Å². The SMILES string of the molecule is CC(NC(=O)C=Cc1ccccc1)C(=O)N(C)C(C)C1CC1. The van der Waals surface area contributed by atoms with Crippen LogP contribution in [-0.4, -0.2) is 35.8 Å². The van der Waals surface area contributed by atoms with Gasteiger partial charge in [-0.05, 0) is 44.2 Å². The number of hydrogen-bond donors (Lipinski definition) is 1. The lowest BCUT2D eigenvalue weighted by molar-refractivity contribution is -0.135. The van der Waals surface area contributed by atoms with Crippen LogP contribution in [0.3, 0.4) is 0 Å². The van der Waals surface area contributed by atoms with E-state index < -0.39 is 6.04 Å². The van der Waals surface area contributed by atoms with E-state index in [4.69, 9.17) is 0 Å². The Balaban J connectivity index is 1.85. The maximum absolute atomic E-state index is 12.3. The van der Waals surface area contributed by atoms with E-state index in [2.05, 4.69) is 12.2 Å². The molecule has 1 aliphatic rings. The molecule has 0 bridgehead atoms. The second kappa shape index (κ2) is 7.25. The summed E-state index contributed by atoms with van der Waals surface area (Å²) in [6, 6.07) is 9.32. The first kappa shape index (κ1) is 16.3. The van der Waals surface area contributed by atoms with Crippen molar-refractivity contribution in [3.05, 3.63) is 42.0 Å². The van der Waals surface area contributed by atoms with Crippen molar-refractivity contribution < 1.29 is 9.59 Å². The Morgan fingerprint density at radius 3 is 2.45 bits per heavy atom. The number of carbonyl (C=O) groups excluding carboxylic acids is 2. The molecule has 1 aromatic rings. The lowest BCUT2D eigenvalue weighted by Crippen LogP contribution is -2.48. The minimum atomic E-state index is -0.515. The van der Waals surface area contributed by atoms with Crippen molar-refractivity contribution >= 4 is 17.9 Å². The highest BCUT2D eigenvalue weighted by Crippen LogP contribution is 2.34. The minimum absolute atomic E-state index is 0.0409. The molecule has 2 unspecified atom stereocenters. The standard InChI is InChI=1S/C18H24N2O2/c1-13(18(22)20(3)14(2)16-10-11-16)19-17(21)12-9-15-7-5-4-6-8-15/h4-9,12-14,16H,10-11H2,1-3H3,(H,19,21). The molecule has 22 heavy (non-hydrogen) atoms. The van der Waals surface area contributed by atoms with E-state index in [-0.39, 0.29) is 17.9 Å². The second-order valence-corrected chi connectivity index (χ2v) is 6.00. The predicted octanol–water partition coefficient (Wildman–Crippen LogP) is 2.46. The highest BCUT2D eigenvalue weighted by atomic mass is 16.2. The molecule has 1 aromatic carbocycles. The number of benzene rings is 1. The number of nitrogens with zero attached hydrogens (tertiary/aromatic N) is 1. The molecule has 1 N–H and O–H groups in total. The van der Waals surface area contributed by atoms with E-state index in [1.807, 2.05) is 37.4 Å². The van der Waals surface area contributed by atoms with Crippen LogP contribution in [-0.2, 0) is 9.59 Å². The van der Waals surface area contributed by atoms with Crippen LogP contribution in [0.5, 0.6) is 0 Å². The molecule has 4 heteroatoms. The summed E-state index contributed by atoms with van der Waals surface area (Å²) in [5.41, 5.74) is 0.955. The highest BCUT2D eigenvalue weighted by Gasteiger charge is 2.33. The van der Waals surface area contributed by atoms with Crippen molar-refractivity contribution in [1.82, 2.24) is 10.2 Å². The molecule has 2 amide bonds. The zero-order valence-electron chi connectivity index (χ0n) is 13.5. The minimum Gasteiger partial charge on any atom is -0.341 e. The maximum Gasteiger partial charge on any atom is 0.244 e. The van der Waals surface area contributed by atoms with Crippen molar-refractivity contribution in [1.29, 1.82) is 0 Å². The third-order valence-corrected chi connectivity index (χ3v) is 4.22. The molecule has 2 rings (SSSR count). The van der Waals surface area contributed by atoms with Crippen molar-refractivity contribution in [3.8, 4) is 0 Å². The molecule has 0 aromatic heterocycles. The van der Waals surface area contributed by atoms with E-state index in [1.165, 1.54) is 18.9 Å². The zero-order valence-corrected chi connectivity index (χ0v) is 13.5. The van der Waals surface area contributed by atoms with Gasteiger partial charge < -0.3 is 10.2 Å². The fourth-order valence-corrected chi connectivity index (χ4v) is 2.46. The topological polar surface area (TPSA) is 49.4 Å². The Morgan fingerprint density at radius 2 is 1.86 bits per heavy atom. The summed E-state index contributed by atoms with van der Waals surface area (Å²) in [5.74, 6) is 0.327. The summed E-state index contributed by atoms with van der Waals surface area (Å²) in [6.45, 7) is 3.80. The average Bonchev–Trinajstić information content (AvgIpc) is 3.36. The van der Waals surface area contributed by atoms with Crippen molar-refractivity contribution in [2.75, 3.05) is 7.05 Å². The molecule has 0 radical (unpaired) electrons. The molecule has 0 aliphatic heterocycles. The van der Waals surface area contributed by atoms with Gasteiger partial charge in [0.15, 0.2) is 0 Å². The summed E-state index contributed by atoms with van der Waals surface area (Å²) < 4.78 is 0. The molecule has 1 fully saturated rings. The van der Waals surface area contributed by atoms with Gasteiger partial charge in [0, 0.05) is 19.2 Å². The molecule has 0 spiro atoms. The Labute approximate surface area is 132 Å². The van der Waals surface area contributed by atoms with Gasteiger partial charge >= 0.3 is 0 Å². The Bertz CT molecular complexity index is 549. The highest BCUT2D eigenvalue weighted by molar-refractivity contribution is 5.95. The van der Waals surface area contributed by atoms with E-state index >= 15 is 0 Å². The average molecular weight is 300 g/mol. The largest absolute Gasteiger partial charge is 0.341 e. The summed E-state index contributed by atoms with van der Waals surface area (Å²) >= 11 is 0. The summed E-state index contributed by atoms with van der Waals surface area (Å²) in [6.07, 6.45) is 5.59. The monoisotopic (exact) mass is 300 g/mol. The Hall–Kier alpha value is -2.10. The number of hydrogen-bond acceptors (Lipinski definition) is 2. The number of nitrogens with one attached hydrogen (secondary N) is 1. The van der Waals surface area contributed by atoms with Gasteiger partial charge in [0.05, 0.1) is 0 Å². The van der Waals surface area contributed by atoms with E-state index in [1.54, 1.807) is 17.9 Å². The Morgan fingerprint density at radius 1 is 1.23 bits per heavy atom. The molecule has 118 valence electrons. The molecule has 1 saturated carbocycles. The third-order valence-electron chi connectivity index (χ3n) is 4.22. The van der Waals surface area contributed by atoms with E-state index in [0.717, 1.165) is 5.56 Å². The van der Waals surface area contributed by atoms with Crippen LogP contribution in [0.15, 0.2) is 36.4 Å². The van der Waals surface area contributed by atoms with Gasteiger partial charge in [-0.25, -0.2) is 0 Å². The predicted molar refractivity (Wildman–Crippen MR) is 88.0 cm³/mol. The van der Waals surface area contributed by atoms with Crippen LogP contribution < -0.4 is 5.32 Å². The van der Waals surface area contributed by atoms with Crippen LogP contribution in [0.1, 0.15) is 32.3 Å². The maximum atomic E-state index is 12.3. The van der Waals surface area contributed by atoms with E-state index in [9.17, 15) is 9.59 Å². The molecule has 0 heterocycles. The zero-order chi connectivity index (χ0) is 16.1. The van der Waals surface area contributed by atoms with Gasteiger partial charge in [-0.15, -0.1) is 0 Å². The number of rotatable bonds is 6. The van der Waals surface area contributed by atoms with Crippen molar-refractivity contribution in [2.24, 2.45) is 5.92 Å². The molecular weight excluding hydrogens is 276 g/mol. The lowest BCUT2D eigenvalue weighted by atomic mass is 10.1. The number of amides is 2. The summed E-state index contributed by atoms with van der Waals surface area (Å²) in [5, 5.41) is 2.73. The van der Waals surface area contributed by atoms with Crippen LogP contribution in [0, 0.1) is 5.92 Å². The fraction of sp³-hybridized carbons (Fsp3) is 0.444. The molecule has 1 aliphatic carbocycles. The second-order valence-electron chi connectivity index (χ2n) is 6.00. The smallest absolute Gasteiger partial charge is 0.244 e. The van der Waals surface area contributed by atoms with Crippen molar-refractivity contribution in [3.63, 3.8) is 0 Å².